The lowest BCUT2D eigenvalue weighted by molar-refractivity contribution is -0.111. The largest absolute Gasteiger partial charge is 0.507 e. The lowest BCUT2D eigenvalue weighted by atomic mass is 10.0. The molecule has 0 aliphatic rings. The van der Waals surface area contributed by atoms with E-state index in [0.29, 0.717) is 11.1 Å². The highest BCUT2D eigenvalue weighted by molar-refractivity contribution is 6.11. The van der Waals surface area contributed by atoms with Gasteiger partial charge in [-0.3, -0.25) is 14.8 Å². The Bertz CT molecular complexity index is 948. The maximum absolute atomic E-state index is 12.1. The number of hydrogen-bond acceptors (Lipinski definition) is 6. The number of rotatable bonds is 6. The van der Waals surface area contributed by atoms with E-state index in [0.717, 1.165) is 5.56 Å². The number of nitrogens with two attached hydrogens (primary N) is 1. The molecule has 0 atom stereocenters. The standard InChI is InChI=1S/C19H18N4O4/c1-21-10-13(9-20)15-6-7-22-11-12(15)2-5-18(25)23-14-3-4-17(24)16(8-14)19(26)27/h2-11,24H,20H2,1H3,(H,23,25)(H,26,27)/b5-2+,13-9?,21-10?. The van der Waals surface area contributed by atoms with Gasteiger partial charge in [0.15, 0.2) is 0 Å². The first kappa shape index (κ1) is 19.4. The fraction of sp³-hybridized carbons (Fsp3) is 0.0526. The normalized spacial score (nSPS) is 11.8. The Kier molecular flexibility index (Phi) is 6.43. The van der Waals surface area contributed by atoms with Crippen LogP contribution in [0.15, 0.2) is 53.9 Å². The van der Waals surface area contributed by atoms with Gasteiger partial charge in [0, 0.05) is 54.8 Å². The van der Waals surface area contributed by atoms with Gasteiger partial charge in [0.1, 0.15) is 11.3 Å². The summed E-state index contributed by atoms with van der Waals surface area (Å²) in [6.07, 6.45) is 9.02. The quantitative estimate of drug-likeness (QED) is 0.351. The zero-order valence-electron chi connectivity index (χ0n) is 14.5. The lowest BCUT2D eigenvalue weighted by Gasteiger charge is -2.06. The predicted octanol–water partition coefficient (Wildman–Crippen LogP) is 2.14. The number of aromatic carboxylic acids is 1. The molecule has 2 aromatic rings. The summed E-state index contributed by atoms with van der Waals surface area (Å²) in [5.74, 6) is -2.15. The lowest BCUT2D eigenvalue weighted by Crippen LogP contribution is -2.09. The third-order valence-corrected chi connectivity index (χ3v) is 3.52. The molecule has 138 valence electrons. The number of benzene rings is 1. The first-order valence-corrected chi connectivity index (χ1v) is 7.80. The van der Waals surface area contributed by atoms with E-state index in [1.165, 1.54) is 30.5 Å². The Labute approximate surface area is 155 Å². The summed E-state index contributed by atoms with van der Waals surface area (Å²) in [5, 5.41) is 21.0. The van der Waals surface area contributed by atoms with Crippen molar-refractivity contribution in [2.24, 2.45) is 10.7 Å². The Hall–Kier alpha value is -3.94. The minimum Gasteiger partial charge on any atom is -0.507 e. The van der Waals surface area contributed by atoms with E-state index in [4.69, 9.17) is 10.8 Å². The van der Waals surface area contributed by atoms with Gasteiger partial charge in [-0.15, -0.1) is 0 Å². The summed E-state index contributed by atoms with van der Waals surface area (Å²) < 4.78 is 0. The van der Waals surface area contributed by atoms with Gasteiger partial charge in [0.2, 0.25) is 5.91 Å². The molecule has 2 rings (SSSR count). The van der Waals surface area contributed by atoms with Crippen molar-refractivity contribution < 1.29 is 19.8 Å². The molecular formula is C19H18N4O4. The van der Waals surface area contributed by atoms with Crippen LogP contribution in [0.3, 0.4) is 0 Å². The number of allylic oxidation sites excluding steroid dienone is 1. The number of aromatic hydroxyl groups is 1. The minimum atomic E-state index is -1.29. The second-order valence-corrected chi connectivity index (χ2v) is 5.33. The molecule has 0 spiro atoms. The van der Waals surface area contributed by atoms with Crippen LogP contribution in [-0.4, -0.2) is 40.3 Å². The van der Waals surface area contributed by atoms with Crippen LogP contribution >= 0.6 is 0 Å². The van der Waals surface area contributed by atoms with Gasteiger partial charge in [-0.1, -0.05) is 0 Å². The summed E-state index contributed by atoms with van der Waals surface area (Å²) in [4.78, 5) is 31.1. The predicted molar refractivity (Wildman–Crippen MR) is 104 cm³/mol. The molecule has 0 unspecified atom stereocenters. The fourth-order valence-corrected chi connectivity index (χ4v) is 2.28. The minimum absolute atomic E-state index is 0.243. The van der Waals surface area contributed by atoms with Gasteiger partial charge in [-0.25, -0.2) is 4.79 Å². The number of phenols is 1. The van der Waals surface area contributed by atoms with E-state index in [9.17, 15) is 14.7 Å². The fourth-order valence-electron chi connectivity index (χ4n) is 2.28. The van der Waals surface area contributed by atoms with Crippen LogP contribution in [0.1, 0.15) is 21.5 Å². The van der Waals surface area contributed by atoms with Crippen molar-refractivity contribution in [3.05, 3.63) is 65.6 Å². The molecule has 0 aliphatic heterocycles. The van der Waals surface area contributed by atoms with Crippen molar-refractivity contribution in [2.45, 2.75) is 0 Å². The number of carbonyl (C=O) groups excluding carboxylic acids is 1. The van der Waals surface area contributed by atoms with Crippen LogP contribution in [0.5, 0.6) is 5.75 Å². The second-order valence-electron chi connectivity index (χ2n) is 5.33. The van der Waals surface area contributed by atoms with E-state index < -0.39 is 11.9 Å². The third-order valence-electron chi connectivity index (χ3n) is 3.52. The summed E-state index contributed by atoms with van der Waals surface area (Å²) >= 11 is 0. The van der Waals surface area contributed by atoms with E-state index in [1.54, 1.807) is 37.8 Å². The van der Waals surface area contributed by atoms with Crippen LogP contribution in [0.25, 0.3) is 11.6 Å². The van der Waals surface area contributed by atoms with Gasteiger partial charge < -0.3 is 21.3 Å². The summed E-state index contributed by atoms with van der Waals surface area (Å²) in [5.41, 5.74) is 7.64. The highest BCUT2D eigenvalue weighted by Crippen LogP contribution is 2.22. The Balaban J connectivity index is 2.21. The van der Waals surface area contributed by atoms with Gasteiger partial charge in [-0.2, -0.15) is 0 Å². The number of carbonyl (C=O) groups is 2. The molecule has 0 saturated heterocycles. The molecule has 0 radical (unpaired) electrons. The molecule has 0 fully saturated rings. The van der Waals surface area contributed by atoms with Crippen molar-refractivity contribution in [3.63, 3.8) is 0 Å². The number of nitrogens with zero attached hydrogens (tertiary/aromatic N) is 2. The summed E-state index contributed by atoms with van der Waals surface area (Å²) in [7, 11) is 1.62. The number of anilines is 1. The smallest absolute Gasteiger partial charge is 0.339 e. The maximum atomic E-state index is 12.1. The first-order chi connectivity index (χ1) is 13.0. The van der Waals surface area contributed by atoms with Crippen molar-refractivity contribution in [3.8, 4) is 5.75 Å². The van der Waals surface area contributed by atoms with E-state index in [1.807, 2.05) is 0 Å². The number of amides is 1. The number of hydrogen-bond donors (Lipinski definition) is 4. The molecule has 1 aromatic carbocycles. The van der Waals surface area contributed by atoms with Crippen molar-refractivity contribution in [1.29, 1.82) is 0 Å². The monoisotopic (exact) mass is 366 g/mol. The Morgan fingerprint density at radius 3 is 2.70 bits per heavy atom. The molecule has 1 amide bonds. The van der Waals surface area contributed by atoms with E-state index in [2.05, 4.69) is 15.3 Å². The topological polar surface area (TPSA) is 138 Å². The zero-order chi connectivity index (χ0) is 19.8. The Morgan fingerprint density at radius 2 is 2.04 bits per heavy atom. The summed E-state index contributed by atoms with van der Waals surface area (Å²) in [6, 6.07) is 5.52. The molecule has 8 heteroatoms. The van der Waals surface area contributed by atoms with Gasteiger partial charge in [-0.05, 0) is 35.9 Å². The Morgan fingerprint density at radius 1 is 1.26 bits per heavy atom. The van der Waals surface area contributed by atoms with Crippen LogP contribution in [-0.2, 0) is 4.79 Å². The average molecular weight is 366 g/mol. The molecule has 1 aromatic heterocycles. The number of pyridine rings is 1. The number of nitrogens with one attached hydrogen (secondary N) is 1. The van der Waals surface area contributed by atoms with Crippen LogP contribution in [0, 0.1) is 0 Å². The zero-order valence-corrected chi connectivity index (χ0v) is 14.5. The number of aromatic nitrogens is 1. The van der Waals surface area contributed by atoms with E-state index >= 15 is 0 Å². The molecular weight excluding hydrogens is 348 g/mol. The van der Waals surface area contributed by atoms with Gasteiger partial charge in [0.05, 0.1) is 0 Å². The molecule has 0 aliphatic carbocycles. The number of aliphatic imine (C=N–C) groups is 1. The third kappa shape index (κ3) is 5.02. The maximum Gasteiger partial charge on any atom is 0.339 e. The van der Waals surface area contributed by atoms with Crippen molar-refractivity contribution >= 4 is 35.4 Å². The SMILES string of the molecule is CN=CC(=CN)c1ccncc1/C=C/C(=O)Nc1ccc(O)c(C(=O)O)c1. The van der Waals surface area contributed by atoms with Crippen LogP contribution < -0.4 is 11.1 Å². The molecule has 1 heterocycles. The first-order valence-electron chi connectivity index (χ1n) is 7.80. The highest BCUT2D eigenvalue weighted by Gasteiger charge is 2.11. The van der Waals surface area contributed by atoms with Gasteiger partial charge >= 0.3 is 5.97 Å². The van der Waals surface area contributed by atoms with Gasteiger partial charge in [0.25, 0.3) is 0 Å². The van der Waals surface area contributed by atoms with Crippen LogP contribution in [0.2, 0.25) is 0 Å². The summed E-state index contributed by atoms with van der Waals surface area (Å²) in [6.45, 7) is 0. The molecule has 0 saturated carbocycles. The molecule has 5 N–H and O–H groups in total. The van der Waals surface area contributed by atoms with E-state index in [-0.39, 0.29) is 17.0 Å². The van der Waals surface area contributed by atoms with Crippen molar-refractivity contribution in [1.82, 2.24) is 4.98 Å². The average Bonchev–Trinajstić information content (AvgIpc) is 2.66. The van der Waals surface area contributed by atoms with Crippen LogP contribution in [0.4, 0.5) is 5.69 Å². The molecule has 8 nitrogen and oxygen atoms in total. The molecule has 0 bridgehead atoms. The molecule has 27 heavy (non-hydrogen) atoms. The highest BCUT2D eigenvalue weighted by atomic mass is 16.4. The second kappa shape index (κ2) is 8.95. The number of carboxylic acid groups (broad SMARTS) is 1. The van der Waals surface area contributed by atoms with Crippen molar-refractivity contribution in [2.75, 3.05) is 12.4 Å². The number of carboxylic acids is 1.